The molecule has 3 rings (SSSR count). The van der Waals surface area contributed by atoms with Crippen LogP contribution >= 0.6 is 0 Å². The molecule has 120 valence electrons. The van der Waals surface area contributed by atoms with Gasteiger partial charge in [-0.3, -0.25) is 4.79 Å². The lowest BCUT2D eigenvalue weighted by atomic mass is 10.1. The number of nitrogens with zero attached hydrogens (tertiary/aromatic N) is 1. The molecule has 0 aliphatic carbocycles. The van der Waals surface area contributed by atoms with Gasteiger partial charge in [0.1, 0.15) is 0 Å². The lowest BCUT2D eigenvalue weighted by molar-refractivity contribution is -0.115. The Morgan fingerprint density at radius 1 is 1.00 bits per heavy atom. The molecule has 0 saturated carbocycles. The summed E-state index contributed by atoms with van der Waals surface area (Å²) in [6.07, 6.45) is 4.30. The van der Waals surface area contributed by atoms with Crippen LogP contribution in [0.2, 0.25) is 0 Å². The Bertz CT molecular complexity index is 658. The van der Waals surface area contributed by atoms with E-state index >= 15 is 0 Å². The summed E-state index contributed by atoms with van der Waals surface area (Å²) in [6, 6.07) is 16.2. The van der Waals surface area contributed by atoms with E-state index < -0.39 is 0 Å². The van der Waals surface area contributed by atoms with Gasteiger partial charge in [0.15, 0.2) is 0 Å². The molecule has 2 aromatic carbocycles. The Morgan fingerprint density at radius 3 is 2.39 bits per heavy atom. The minimum Gasteiger partial charge on any atom is -0.372 e. The van der Waals surface area contributed by atoms with Crippen molar-refractivity contribution >= 4 is 17.3 Å². The Kier molecular flexibility index (Phi) is 4.96. The van der Waals surface area contributed by atoms with Crippen LogP contribution in [0.4, 0.5) is 11.4 Å². The molecular weight excluding hydrogens is 284 g/mol. The Morgan fingerprint density at radius 2 is 1.70 bits per heavy atom. The van der Waals surface area contributed by atoms with E-state index in [0.717, 1.165) is 29.9 Å². The molecule has 1 aliphatic rings. The van der Waals surface area contributed by atoms with Gasteiger partial charge >= 0.3 is 0 Å². The predicted octanol–water partition coefficient (Wildman–Crippen LogP) is 4.17. The summed E-state index contributed by atoms with van der Waals surface area (Å²) >= 11 is 0. The molecule has 0 bridgehead atoms. The van der Waals surface area contributed by atoms with Crippen LogP contribution in [0.5, 0.6) is 0 Å². The maximum Gasteiger partial charge on any atom is 0.228 e. The molecule has 1 fully saturated rings. The lowest BCUT2D eigenvalue weighted by Gasteiger charge is -2.28. The van der Waals surface area contributed by atoms with Crippen LogP contribution in [0.15, 0.2) is 48.5 Å². The van der Waals surface area contributed by atoms with E-state index in [0.29, 0.717) is 6.42 Å². The molecule has 0 radical (unpaired) electrons. The van der Waals surface area contributed by atoms with Gasteiger partial charge in [-0.25, -0.2) is 0 Å². The minimum absolute atomic E-state index is 0.0324. The second-order valence-electron chi connectivity index (χ2n) is 6.25. The number of benzene rings is 2. The third-order valence-electron chi connectivity index (χ3n) is 4.48. The summed E-state index contributed by atoms with van der Waals surface area (Å²) in [6.45, 7) is 4.31. The molecular formula is C20H24N2O. The van der Waals surface area contributed by atoms with Crippen LogP contribution in [0.1, 0.15) is 30.4 Å². The summed E-state index contributed by atoms with van der Waals surface area (Å²) in [4.78, 5) is 14.6. The number of piperidine rings is 1. The highest BCUT2D eigenvalue weighted by Gasteiger charge is 2.11. The Labute approximate surface area is 138 Å². The number of carbonyl (C=O) groups excluding carboxylic acids is 1. The van der Waals surface area contributed by atoms with Crippen molar-refractivity contribution in [2.75, 3.05) is 23.3 Å². The first-order valence-corrected chi connectivity index (χ1v) is 8.42. The van der Waals surface area contributed by atoms with Gasteiger partial charge < -0.3 is 10.2 Å². The molecule has 2 aromatic rings. The summed E-state index contributed by atoms with van der Waals surface area (Å²) in [7, 11) is 0. The standard InChI is InChI=1S/C20H24N2O/c1-16-7-3-4-8-17(16)15-20(23)21-18-9-11-19(12-10-18)22-13-5-2-6-14-22/h3-4,7-12H,2,5-6,13-15H2,1H3,(H,21,23). The number of hydrogen-bond donors (Lipinski definition) is 1. The molecule has 3 heteroatoms. The molecule has 1 N–H and O–H groups in total. The van der Waals surface area contributed by atoms with Crippen LogP contribution in [0, 0.1) is 6.92 Å². The van der Waals surface area contributed by atoms with Gasteiger partial charge in [0, 0.05) is 24.5 Å². The fourth-order valence-corrected chi connectivity index (χ4v) is 3.09. The predicted molar refractivity (Wildman–Crippen MR) is 96.0 cm³/mol. The zero-order valence-corrected chi connectivity index (χ0v) is 13.7. The lowest BCUT2D eigenvalue weighted by Crippen LogP contribution is -2.29. The quantitative estimate of drug-likeness (QED) is 0.919. The minimum atomic E-state index is 0.0324. The highest BCUT2D eigenvalue weighted by Crippen LogP contribution is 2.22. The zero-order valence-electron chi connectivity index (χ0n) is 13.7. The SMILES string of the molecule is Cc1ccccc1CC(=O)Nc1ccc(N2CCCCC2)cc1. The largest absolute Gasteiger partial charge is 0.372 e. The van der Waals surface area contributed by atoms with E-state index in [1.54, 1.807) is 0 Å². The summed E-state index contributed by atoms with van der Waals surface area (Å²) in [5.74, 6) is 0.0324. The van der Waals surface area contributed by atoms with Crippen LogP contribution in [0.25, 0.3) is 0 Å². The van der Waals surface area contributed by atoms with Crippen molar-refractivity contribution in [3.8, 4) is 0 Å². The monoisotopic (exact) mass is 308 g/mol. The van der Waals surface area contributed by atoms with Crippen molar-refractivity contribution < 1.29 is 4.79 Å². The van der Waals surface area contributed by atoms with Crippen molar-refractivity contribution in [3.05, 3.63) is 59.7 Å². The smallest absolute Gasteiger partial charge is 0.228 e. The van der Waals surface area contributed by atoms with E-state index in [1.165, 1.54) is 24.9 Å². The van der Waals surface area contributed by atoms with Crippen LogP contribution in [-0.4, -0.2) is 19.0 Å². The molecule has 1 heterocycles. The van der Waals surface area contributed by atoms with E-state index in [9.17, 15) is 4.79 Å². The topological polar surface area (TPSA) is 32.3 Å². The zero-order chi connectivity index (χ0) is 16.1. The molecule has 1 aliphatic heterocycles. The van der Waals surface area contributed by atoms with Gasteiger partial charge in [0.05, 0.1) is 6.42 Å². The van der Waals surface area contributed by atoms with Crippen LogP contribution in [-0.2, 0) is 11.2 Å². The van der Waals surface area contributed by atoms with Crippen LogP contribution < -0.4 is 10.2 Å². The number of amides is 1. The average Bonchev–Trinajstić information content (AvgIpc) is 2.58. The normalized spacial score (nSPS) is 14.6. The molecule has 1 amide bonds. The van der Waals surface area contributed by atoms with Gasteiger partial charge in [0.2, 0.25) is 5.91 Å². The molecule has 0 atom stereocenters. The maximum absolute atomic E-state index is 12.2. The Balaban J connectivity index is 1.59. The summed E-state index contributed by atoms with van der Waals surface area (Å²) in [5.41, 5.74) is 4.35. The number of anilines is 2. The van der Waals surface area contributed by atoms with Gasteiger partial charge in [-0.15, -0.1) is 0 Å². The second kappa shape index (κ2) is 7.32. The first-order chi connectivity index (χ1) is 11.2. The molecule has 0 unspecified atom stereocenters. The van der Waals surface area contributed by atoms with Gasteiger partial charge in [-0.2, -0.15) is 0 Å². The molecule has 23 heavy (non-hydrogen) atoms. The summed E-state index contributed by atoms with van der Waals surface area (Å²) < 4.78 is 0. The molecule has 0 spiro atoms. The molecule has 1 saturated heterocycles. The first-order valence-electron chi connectivity index (χ1n) is 8.42. The van der Waals surface area contributed by atoms with E-state index in [4.69, 9.17) is 0 Å². The van der Waals surface area contributed by atoms with Crippen molar-refractivity contribution in [1.29, 1.82) is 0 Å². The number of rotatable bonds is 4. The van der Waals surface area contributed by atoms with Crippen molar-refractivity contribution in [3.63, 3.8) is 0 Å². The van der Waals surface area contributed by atoms with Gasteiger partial charge in [-0.1, -0.05) is 24.3 Å². The number of hydrogen-bond acceptors (Lipinski definition) is 2. The van der Waals surface area contributed by atoms with E-state index in [-0.39, 0.29) is 5.91 Å². The van der Waals surface area contributed by atoms with E-state index in [1.807, 2.05) is 43.3 Å². The van der Waals surface area contributed by atoms with Gasteiger partial charge in [-0.05, 0) is 61.6 Å². The van der Waals surface area contributed by atoms with Gasteiger partial charge in [0.25, 0.3) is 0 Å². The second-order valence-corrected chi connectivity index (χ2v) is 6.25. The highest BCUT2D eigenvalue weighted by atomic mass is 16.1. The first kappa shape index (κ1) is 15.6. The third kappa shape index (κ3) is 4.13. The van der Waals surface area contributed by atoms with Crippen molar-refractivity contribution in [2.45, 2.75) is 32.6 Å². The summed E-state index contributed by atoms with van der Waals surface area (Å²) in [5, 5.41) is 2.99. The molecule has 3 nitrogen and oxygen atoms in total. The maximum atomic E-state index is 12.2. The number of nitrogens with one attached hydrogen (secondary N) is 1. The van der Waals surface area contributed by atoms with E-state index in [2.05, 4.69) is 22.3 Å². The Hall–Kier alpha value is -2.29. The highest BCUT2D eigenvalue weighted by molar-refractivity contribution is 5.92. The third-order valence-corrected chi connectivity index (χ3v) is 4.48. The van der Waals surface area contributed by atoms with Crippen molar-refractivity contribution in [2.24, 2.45) is 0 Å². The number of carbonyl (C=O) groups is 1. The average molecular weight is 308 g/mol. The molecule has 0 aromatic heterocycles. The van der Waals surface area contributed by atoms with Crippen molar-refractivity contribution in [1.82, 2.24) is 0 Å². The number of aryl methyl sites for hydroxylation is 1. The fraction of sp³-hybridized carbons (Fsp3) is 0.350. The fourth-order valence-electron chi connectivity index (χ4n) is 3.09. The van der Waals surface area contributed by atoms with Crippen LogP contribution in [0.3, 0.4) is 0 Å².